The van der Waals surface area contributed by atoms with Crippen molar-refractivity contribution in [2.75, 3.05) is 12.4 Å². The van der Waals surface area contributed by atoms with E-state index in [0.717, 1.165) is 28.8 Å². The summed E-state index contributed by atoms with van der Waals surface area (Å²) in [6.07, 6.45) is 3.42. The van der Waals surface area contributed by atoms with Gasteiger partial charge in [0.05, 0.1) is 12.0 Å². The number of aryl methyl sites for hydroxylation is 1. The summed E-state index contributed by atoms with van der Waals surface area (Å²) >= 11 is 0. The number of nitro groups is 1. The Morgan fingerprint density at radius 1 is 1.06 bits per heavy atom. The van der Waals surface area contributed by atoms with Gasteiger partial charge in [-0.1, -0.05) is 31.2 Å². The molecule has 3 rings (SSSR count). The molecule has 32 heavy (non-hydrogen) atoms. The highest BCUT2D eigenvalue weighted by Crippen LogP contribution is 2.34. The first-order chi connectivity index (χ1) is 15.5. The van der Waals surface area contributed by atoms with Gasteiger partial charge in [0.25, 0.3) is 5.69 Å². The molecule has 0 aliphatic carbocycles. The molecule has 0 aromatic heterocycles. The zero-order valence-corrected chi connectivity index (χ0v) is 18.5. The van der Waals surface area contributed by atoms with Crippen LogP contribution in [0.1, 0.15) is 29.2 Å². The molecule has 6 nitrogen and oxygen atoms in total. The normalized spacial score (nSPS) is 10.4. The van der Waals surface area contributed by atoms with Crippen LogP contribution < -0.4 is 14.8 Å². The summed E-state index contributed by atoms with van der Waals surface area (Å²) in [4.78, 5) is 10.4. The van der Waals surface area contributed by atoms with Crippen molar-refractivity contribution in [1.29, 1.82) is 0 Å². The van der Waals surface area contributed by atoms with E-state index >= 15 is 0 Å². The molecule has 1 N–H and O–H groups in total. The third kappa shape index (κ3) is 5.66. The lowest BCUT2D eigenvalue weighted by molar-refractivity contribution is -0.384. The van der Waals surface area contributed by atoms with Crippen molar-refractivity contribution in [3.63, 3.8) is 0 Å². The highest BCUT2D eigenvalue weighted by atomic mass is 16.6. The zero-order valence-electron chi connectivity index (χ0n) is 18.5. The highest BCUT2D eigenvalue weighted by Gasteiger charge is 2.14. The van der Waals surface area contributed by atoms with Crippen LogP contribution in [-0.2, 0) is 26.0 Å². The summed E-state index contributed by atoms with van der Waals surface area (Å²) < 4.78 is 11.7. The van der Waals surface area contributed by atoms with E-state index in [1.54, 1.807) is 19.2 Å². The fraction of sp³-hybridized carbons (Fsp3) is 0.231. The van der Waals surface area contributed by atoms with Gasteiger partial charge in [-0.05, 0) is 59.9 Å². The van der Waals surface area contributed by atoms with Gasteiger partial charge in [-0.25, -0.2) is 0 Å². The lowest BCUT2D eigenvalue weighted by atomic mass is 10.0. The summed E-state index contributed by atoms with van der Waals surface area (Å²) in [6, 6.07) is 18.7. The number of methoxy groups -OCH3 is 1. The predicted molar refractivity (Wildman–Crippen MR) is 127 cm³/mol. The molecule has 0 unspecified atom stereocenters. The van der Waals surface area contributed by atoms with Crippen LogP contribution in [0.3, 0.4) is 0 Å². The third-order valence-corrected chi connectivity index (χ3v) is 5.19. The van der Waals surface area contributed by atoms with Crippen molar-refractivity contribution < 1.29 is 14.4 Å². The number of para-hydroxylation sites is 1. The fourth-order valence-corrected chi connectivity index (χ4v) is 3.52. The molecule has 0 bridgehead atoms. The van der Waals surface area contributed by atoms with Crippen LogP contribution in [0, 0.1) is 10.1 Å². The number of nitro benzene ring substituents is 1. The molecule has 0 aliphatic heterocycles. The van der Waals surface area contributed by atoms with Gasteiger partial charge >= 0.3 is 0 Å². The van der Waals surface area contributed by atoms with Gasteiger partial charge in [-0.3, -0.25) is 10.1 Å². The molecule has 0 amide bonds. The van der Waals surface area contributed by atoms with E-state index in [1.807, 2.05) is 24.3 Å². The summed E-state index contributed by atoms with van der Waals surface area (Å²) in [5, 5.41) is 14.4. The molecule has 0 heterocycles. The largest absolute Gasteiger partial charge is 0.493 e. The SMILES string of the molecule is C=CCc1cc(CNc2ccccc2CC)cc(OC)c1OCc1ccc([N+](=O)[O-])cc1. The molecule has 0 saturated carbocycles. The van der Waals surface area contributed by atoms with Crippen molar-refractivity contribution in [2.24, 2.45) is 0 Å². The average molecular weight is 433 g/mol. The Morgan fingerprint density at radius 3 is 2.47 bits per heavy atom. The molecule has 0 saturated heterocycles. The molecule has 0 fully saturated rings. The summed E-state index contributed by atoms with van der Waals surface area (Å²) in [5.41, 5.74) is 5.34. The van der Waals surface area contributed by atoms with Crippen LogP contribution >= 0.6 is 0 Å². The summed E-state index contributed by atoms with van der Waals surface area (Å²) in [7, 11) is 1.62. The number of allylic oxidation sites excluding steroid dienone is 1. The third-order valence-electron chi connectivity index (χ3n) is 5.19. The number of anilines is 1. The fourth-order valence-electron chi connectivity index (χ4n) is 3.52. The monoisotopic (exact) mass is 432 g/mol. The number of rotatable bonds is 11. The summed E-state index contributed by atoms with van der Waals surface area (Å²) in [5.74, 6) is 1.30. The van der Waals surface area contributed by atoms with Crippen LogP contribution in [0.25, 0.3) is 0 Å². The van der Waals surface area contributed by atoms with E-state index in [0.29, 0.717) is 24.5 Å². The van der Waals surface area contributed by atoms with Crippen LogP contribution in [0.4, 0.5) is 11.4 Å². The average Bonchev–Trinajstić information content (AvgIpc) is 2.82. The second-order valence-electron chi connectivity index (χ2n) is 7.36. The lowest BCUT2D eigenvalue weighted by Gasteiger charge is -2.18. The quantitative estimate of drug-likeness (QED) is 0.226. The lowest BCUT2D eigenvalue weighted by Crippen LogP contribution is -2.06. The molecule has 3 aromatic rings. The highest BCUT2D eigenvalue weighted by molar-refractivity contribution is 5.54. The van der Waals surface area contributed by atoms with Crippen molar-refractivity contribution in [3.8, 4) is 11.5 Å². The maximum atomic E-state index is 10.8. The molecule has 3 aromatic carbocycles. The van der Waals surface area contributed by atoms with Gasteiger partial charge in [-0.2, -0.15) is 0 Å². The first-order valence-electron chi connectivity index (χ1n) is 10.5. The van der Waals surface area contributed by atoms with Crippen LogP contribution in [0.2, 0.25) is 0 Å². The standard InChI is InChI=1S/C26H28N2O4/c1-4-8-22-15-20(17-27-24-10-7-6-9-21(24)5-2)16-25(31-3)26(22)32-18-19-11-13-23(14-12-19)28(29)30/h4,6-7,9-16,27H,1,5,8,17-18H2,2-3H3. The van der Waals surface area contributed by atoms with Crippen LogP contribution in [0.15, 0.2) is 73.3 Å². The van der Waals surface area contributed by atoms with Gasteiger partial charge < -0.3 is 14.8 Å². The number of benzene rings is 3. The Bertz CT molecular complexity index is 1080. The van der Waals surface area contributed by atoms with Gasteiger partial charge in [0.2, 0.25) is 0 Å². The topological polar surface area (TPSA) is 73.6 Å². The van der Waals surface area contributed by atoms with E-state index in [2.05, 4.69) is 37.0 Å². The Balaban J connectivity index is 1.79. The molecule has 166 valence electrons. The van der Waals surface area contributed by atoms with Crippen molar-refractivity contribution >= 4 is 11.4 Å². The maximum absolute atomic E-state index is 10.8. The smallest absolute Gasteiger partial charge is 0.269 e. The van der Waals surface area contributed by atoms with E-state index in [9.17, 15) is 10.1 Å². The Hall–Kier alpha value is -3.80. The van der Waals surface area contributed by atoms with Gasteiger partial charge in [0.1, 0.15) is 6.61 Å². The minimum Gasteiger partial charge on any atom is -0.493 e. The number of ether oxygens (including phenoxy) is 2. The van der Waals surface area contributed by atoms with E-state index in [4.69, 9.17) is 9.47 Å². The maximum Gasteiger partial charge on any atom is 0.269 e. The molecule has 0 aliphatic rings. The minimum absolute atomic E-state index is 0.0557. The summed E-state index contributed by atoms with van der Waals surface area (Å²) in [6.45, 7) is 6.94. The number of nitrogens with zero attached hydrogens (tertiary/aromatic N) is 1. The Morgan fingerprint density at radius 2 is 1.81 bits per heavy atom. The Kier molecular flexibility index (Phi) is 7.86. The second-order valence-corrected chi connectivity index (χ2v) is 7.36. The van der Waals surface area contributed by atoms with Crippen LogP contribution in [-0.4, -0.2) is 12.0 Å². The predicted octanol–water partition coefficient (Wildman–Crippen LogP) is 6.09. The Labute approximate surface area is 188 Å². The molecular formula is C26H28N2O4. The zero-order chi connectivity index (χ0) is 22.9. The molecule has 0 spiro atoms. The van der Waals surface area contributed by atoms with E-state index in [-0.39, 0.29) is 12.3 Å². The van der Waals surface area contributed by atoms with Gasteiger partial charge in [0, 0.05) is 29.9 Å². The van der Waals surface area contributed by atoms with E-state index in [1.165, 1.54) is 17.7 Å². The number of hydrogen-bond donors (Lipinski definition) is 1. The number of non-ortho nitro benzene ring substituents is 1. The van der Waals surface area contributed by atoms with E-state index < -0.39 is 4.92 Å². The first kappa shape index (κ1) is 22.9. The van der Waals surface area contributed by atoms with Crippen molar-refractivity contribution in [1.82, 2.24) is 0 Å². The molecule has 0 radical (unpaired) electrons. The number of nitrogens with one attached hydrogen (secondary N) is 1. The number of hydrogen-bond acceptors (Lipinski definition) is 5. The van der Waals surface area contributed by atoms with Gasteiger partial charge in [0.15, 0.2) is 11.5 Å². The molecular weight excluding hydrogens is 404 g/mol. The van der Waals surface area contributed by atoms with Crippen LogP contribution in [0.5, 0.6) is 11.5 Å². The van der Waals surface area contributed by atoms with Gasteiger partial charge in [-0.15, -0.1) is 6.58 Å². The van der Waals surface area contributed by atoms with Crippen molar-refractivity contribution in [3.05, 3.63) is 106 Å². The molecule has 6 heteroatoms. The second kappa shape index (κ2) is 11.0. The first-order valence-corrected chi connectivity index (χ1v) is 10.5. The molecule has 0 atom stereocenters. The minimum atomic E-state index is -0.415. The van der Waals surface area contributed by atoms with Crippen molar-refractivity contribution in [2.45, 2.75) is 32.9 Å².